The lowest BCUT2D eigenvalue weighted by atomic mass is 10.1. The molecule has 6 aromatic heterocycles. The summed E-state index contributed by atoms with van der Waals surface area (Å²) in [4.78, 5) is 48.7. The van der Waals surface area contributed by atoms with Crippen molar-refractivity contribution in [1.82, 2.24) is 44.9 Å². The zero-order valence-corrected chi connectivity index (χ0v) is 53.7. The van der Waals surface area contributed by atoms with E-state index >= 15 is 0 Å². The molecule has 0 amide bonds. The van der Waals surface area contributed by atoms with Crippen LogP contribution in [-0.2, 0) is 62.7 Å². The second-order valence-electron chi connectivity index (χ2n) is 23.6. The number of nitrogens with zero attached hydrogens (tertiary/aromatic N) is 15. The zero-order valence-electron chi connectivity index (χ0n) is 51.2. The van der Waals surface area contributed by atoms with Crippen molar-refractivity contribution < 1.29 is 26.8 Å². The molecular formula is C63H79N15O6S3. The van der Waals surface area contributed by atoms with Crippen LogP contribution in [0.2, 0.25) is 0 Å². The second kappa shape index (κ2) is 26.4. The summed E-state index contributed by atoms with van der Waals surface area (Å²) >= 11 is 0. The fourth-order valence-electron chi connectivity index (χ4n) is 11.0. The number of allylic oxidation sites excluding steroid dienone is 3. The topological polar surface area (TPSA) is 242 Å². The standard InChI is InChI=1S/C22H27N5O2S.C21H27N5O2S.C20H25N5O2S/c1-15-13-29-11-10-27(15)21-12-20(26-30(2,28)14-16-6-7-16)24-22(25-21)18-8-9-23-19-5-3-4-17(18)19;1-14(2)29(4,27)25-19-12-20(26-10-11-28-13-15(26)3)24-21(23-19)17-8-9-22-18-7-5-6-16(17)18;1-4-28(3,26)24-18-12-19(25-10-11-27-13-14(25)2)23-20(22-18)16-8-9-21-17-7-5-6-15(16)17/h3-4,8-9,12,15-16H,5-7,10-11,13-14H2,1-2H3;5-6,8-9,12,14-15H,7,10-11,13H2,1-4H3;5-6,8-9,12,14H,4,7,10-11,13H2,1-3H3/t15-,30?;15-,29?;14-,28?/m111/s1. The van der Waals surface area contributed by atoms with E-state index in [0.717, 1.165) is 120 Å². The van der Waals surface area contributed by atoms with Crippen LogP contribution in [0.3, 0.4) is 0 Å². The third-order valence-electron chi connectivity index (χ3n) is 16.3. The molecule has 0 spiro atoms. The van der Waals surface area contributed by atoms with Crippen LogP contribution in [0.5, 0.6) is 0 Å². The molecule has 0 bridgehead atoms. The lowest BCUT2D eigenvalue weighted by Gasteiger charge is -2.34. The molecule has 0 aromatic carbocycles. The third-order valence-corrected chi connectivity index (χ3v) is 21.9. The molecule has 6 aromatic rings. The largest absolute Gasteiger partial charge is 0.377 e. The first-order valence-corrected chi connectivity index (χ1v) is 36.2. The predicted molar refractivity (Wildman–Crippen MR) is 349 cm³/mol. The normalized spacial score (nSPS) is 21.3. The first-order valence-electron chi connectivity index (χ1n) is 30.1. The van der Waals surface area contributed by atoms with E-state index in [1.165, 1.54) is 0 Å². The van der Waals surface area contributed by atoms with Crippen molar-refractivity contribution >= 4 is 82.3 Å². The minimum Gasteiger partial charge on any atom is -0.377 e. The fourth-order valence-corrected chi connectivity index (χ4v) is 14.0. The van der Waals surface area contributed by atoms with Gasteiger partial charge in [0.25, 0.3) is 0 Å². The van der Waals surface area contributed by atoms with E-state index in [1.807, 2.05) is 57.2 Å². The first kappa shape index (κ1) is 61.7. The molecule has 3 aliphatic heterocycles. The van der Waals surface area contributed by atoms with E-state index in [1.54, 1.807) is 37.4 Å². The molecular weight excluding hydrogens is 1160 g/mol. The highest BCUT2D eigenvalue weighted by Gasteiger charge is 2.29. The number of hydrogen-bond acceptors (Lipinski definition) is 21. The number of morpholine rings is 3. The maximum absolute atomic E-state index is 13.1. The number of ether oxygens (including phenoxy) is 3. The van der Waals surface area contributed by atoms with Crippen molar-refractivity contribution in [3.05, 3.63) is 107 Å². The molecule has 4 aliphatic carbocycles. The molecule has 21 nitrogen and oxygen atoms in total. The van der Waals surface area contributed by atoms with Gasteiger partial charge in [-0.2, -0.15) is 13.1 Å². The van der Waals surface area contributed by atoms with Crippen LogP contribution >= 0.6 is 0 Å². The molecule has 1 saturated carbocycles. The van der Waals surface area contributed by atoms with Gasteiger partial charge in [-0.1, -0.05) is 57.2 Å². The molecule has 87 heavy (non-hydrogen) atoms. The Morgan fingerprint density at radius 1 is 0.529 bits per heavy atom. The van der Waals surface area contributed by atoms with Gasteiger partial charge in [0.2, 0.25) is 0 Å². The van der Waals surface area contributed by atoms with Crippen molar-refractivity contribution in [1.29, 1.82) is 0 Å². The Balaban J connectivity index is 0.000000135. The molecule has 9 heterocycles. The molecule has 3 saturated heterocycles. The quantitative estimate of drug-likeness (QED) is 0.104. The fraction of sp³-hybridized carbons (Fsp3) is 0.476. The molecule has 0 N–H and O–H groups in total. The summed E-state index contributed by atoms with van der Waals surface area (Å²) in [5.41, 5.74) is 9.04. The van der Waals surface area contributed by atoms with Gasteiger partial charge < -0.3 is 28.9 Å². The van der Waals surface area contributed by atoms with Gasteiger partial charge >= 0.3 is 0 Å². The molecule has 4 fully saturated rings. The van der Waals surface area contributed by atoms with Gasteiger partial charge in [0.15, 0.2) is 34.9 Å². The Kier molecular flexibility index (Phi) is 18.7. The second-order valence-corrected chi connectivity index (χ2v) is 31.5. The van der Waals surface area contributed by atoms with Gasteiger partial charge in [0.05, 0.1) is 104 Å². The molecule has 24 heteroatoms. The highest BCUT2D eigenvalue weighted by molar-refractivity contribution is 7.93. The summed E-state index contributed by atoms with van der Waals surface area (Å²) in [6.07, 6.45) is 27.8. The lowest BCUT2D eigenvalue weighted by molar-refractivity contribution is 0.0985. The number of fused-ring (bicyclic) bond motifs is 3. The van der Waals surface area contributed by atoms with Crippen LogP contribution < -0.4 is 14.7 Å². The summed E-state index contributed by atoms with van der Waals surface area (Å²) in [6.45, 7) is 18.2. The Morgan fingerprint density at radius 2 is 0.885 bits per heavy atom. The smallest absolute Gasteiger partial charge is 0.167 e. The summed E-state index contributed by atoms with van der Waals surface area (Å²) in [5, 5.41) is -0.0696. The zero-order chi connectivity index (χ0) is 61.0. The number of rotatable bonds is 13. The molecule has 3 unspecified atom stereocenters. The minimum absolute atomic E-state index is 0.0696. The van der Waals surface area contributed by atoms with Gasteiger partial charge in [-0.3, -0.25) is 15.0 Å². The monoisotopic (exact) mass is 1240 g/mol. The average molecular weight is 1240 g/mol. The van der Waals surface area contributed by atoms with Gasteiger partial charge in [-0.05, 0) is 57.7 Å². The summed E-state index contributed by atoms with van der Waals surface area (Å²) in [5.74, 6) is 7.24. The van der Waals surface area contributed by atoms with Crippen molar-refractivity contribution in [3.8, 4) is 34.2 Å². The van der Waals surface area contributed by atoms with E-state index in [9.17, 15) is 12.6 Å². The Morgan fingerprint density at radius 3 is 1.22 bits per heavy atom. The van der Waals surface area contributed by atoms with E-state index in [0.29, 0.717) is 92.0 Å². The Bertz CT molecular complexity index is 4050. The average Bonchev–Trinajstić information content (AvgIpc) is 2.83. The van der Waals surface area contributed by atoms with Gasteiger partial charge in [0.1, 0.15) is 17.5 Å². The first-order chi connectivity index (χ1) is 41.8. The van der Waals surface area contributed by atoms with Gasteiger partial charge in [-0.25, -0.2) is 42.5 Å². The maximum Gasteiger partial charge on any atom is 0.167 e. The highest BCUT2D eigenvalue weighted by atomic mass is 32.2. The maximum atomic E-state index is 13.1. The van der Waals surface area contributed by atoms with E-state index < -0.39 is 29.2 Å². The van der Waals surface area contributed by atoms with Crippen molar-refractivity contribution in [2.45, 2.75) is 97.0 Å². The molecule has 7 aliphatic rings. The van der Waals surface area contributed by atoms with Crippen molar-refractivity contribution in [3.63, 3.8) is 0 Å². The number of hydrogen-bond donors (Lipinski definition) is 0. The van der Waals surface area contributed by atoms with Crippen LogP contribution in [0.25, 0.3) is 52.4 Å². The molecule has 460 valence electrons. The SMILES string of the molecule is CC(C)S(C)(=O)=Nc1cc(N2CCOC[C@H]2C)nc(-c2ccnc3c2C=CC3)n1.CCS(C)(=O)=Nc1cc(N2CCOC[C@H]2C)nc(-c2ccnc3c2C=CC3)n1.C[C@@H]1COCCN1c1cc(N=S(C)(=O)CC2CC2)nc(-c2ccnc3c2C=CC3)n1. The summed E-state index contributed by atoms with van der Waals surface area (Å²) in [7, 11) is -7.06. The lowest BCUT2D eigenvalue weighted by Crippen LogP contribution is -2.44. The van der Waals surface area contributed by atoms with Crippen molar-refractivity contribution in [2.24, 2.45) is 19.0 Å². The van der Waals surface area contributed by atoms with E-state index in [-0.39, 0.29) is 23.4 Å². The van der Waals surface area contributed by atoms with Crippen LogP contribution in [0, 0.1) is 5.92 Å². The number of anilines is 3. The summed E-state index contributed by atoms with van der Waals surface area (Å²) < 4.78 is 69.1. The van der Waals surface area contributed by atoms with Gasteiger partial charge in [0, 0.05) is 145 Å². The number of pyridine rings is 3. The predicted octanol–water partition coefficient (Wildman–Crippen LogP) is 10.0. The third kappa shape index (κ3) is 14.8. The Labute approximate surface area is 512 Å². The van der Waals surface area contributed by atoms with E-state index in [4.69, 9.17) is 39.1 Å². The van der Waals surface area contributed by atoms with Crippen LogP contribution in [0.15, 0.2) is 86.3 Å². The van der Waals surface area contributed by atoms with Crippen LogP contribution in [0.4, 0.5) is 34.9 Å². The number of aromatic nitrogens is 9. The van der Waals surface area contributed by atoms with Crippen LogP contribution in [-0.4, -0.2) is 170 Å². The molecule has 0 radical (unpaired) electrons. The molecule has 13 rings (SSSR count). The summed E-state index contributed by atoms with van der Waals surface area (Å²) in [6, 6.07) is 12.0. The molecule has 6 atom stereocenters. The van der Waals surface area contributed by atoms with Crippen molar-refractivity contribution in [2.75, 3.05) is 104 Å². The van der Waals surface area contributed by atoms with E-state index in [2.05, 4.69) is 105 Å². The minimum atomic E-state index is -2.41. The van der Waals surface area contributed by atoms with Gasteiger partial charge in [-0.15, -0.1) is 0 Å². The highest BCUT2D eigenvalue weighted by Crippen LogP contribution is 2.37. The Hall–Kier alpha value is -6.96. The van der Waals surface area contributed by atoms with Crippen LogP contribution in [0.1, 0.15) is 88.2 Å².